The van der Waals surface area contributed by atoms with E-state index in [1.165, 1.54) is 0 Å². The molecule has 110 valence electrons. The van der Waals surface area contributed by atoms with Crippen LogP contribution in [0.25, 0.3) is 0 Å². The molecule has 1 aliphatic heterocycles. The van der Waals surface area contributed by atoms with Gasteiger partial charge in [0.2, 0.25) is 11.8 Å². The molecule has 1 heterocycles. The normalized spacial score (nSPS) is 16.3. The fraction of sp³-hybridized carbons (Fsp3) is 0.846. The van der Waals surface area contributed by atoms with E-state index < -0.39 is 0 Å². The molecule has 1 fully saturated rings. The maximum atomic E-state index is 11.9. The van der Waals surface area contributed by atoms with E-state index in [-0.39, 0.29) is 24.9 Å². The Bertz CT molecular complexity index is 297. The summed E-state index contributed by atoms with van der Waals surface area (Å²) in [7, 11) is 1.67. The lowest BCUT2D eigenvalue weighted by Gasteiger charge is -2.33. The Morgan fingerprint density at radius 2 is 1.74 bits per heavy atom. The van der Waals surface area contributed by atoms with Gasteiger partial charge in [0, 0.05) is 26.7 Å². The fourth-order valence-corrected chi connectivity index (χ4v) is 2.07. The Hall–Kier alpha value is -1.14. The molecule has 0 aromatic heterocycles. The van der Waals surface area contributed by atoms with Crippen molar-refractivity contribution in [1.29, 1.82) is 0 Å². The summed E-state index contributed by atoms with van der Waals surface area (Å²) in [6, 6.07) is 0. The van der Waals surface area contributed by atoms with Gasteiger partial charge in [-0.05, 0) is 19.4 Å². The minimum atomic E-state index is 0.0601. The van der Waals surface area contributed by atoms with Crippen molar-refractivity contribution in [1.82, 2.24) is 15.1 Å². The molecule has 0 aromatic rings. The molecule has 0 atom stereocenters. The molecule has 0 radical (unpaired) electrons. The summed E-state index contributed by atoms with van der Waals surface area (Å²) in [5.41, 5.74) is 0. The van der Waals surface area contributed by atoms with E-state index in [1.807, 2.05) is 6.92 Å². The first-order valence-corrected chi connectivity index (χ1v) is 6.94. The summed E-state index contributed by atoms with van der Waals surface area (Å²) in [4.78, 5) is 27.0. The van der Waals surface area contributed by atoms with Gasteiger partial charge in [-0.25, -0.2) is 0 Å². The largest absolute Gasteiger partial charge is 0.383 e. The predicted molar refractivity (Wildman–Crippen MR) is 72.8 cm³/mol. The van der Waals surface area contributed by atoms with Gasteiger partial charge in [-0.3, -0.25) is 9.59 Å². The van der Waals surface area contributed by atoms with Crippen LogP contribution in [0.5, 0.6) is 0 Å². The summed E-state index contributed by atoms with van der Waals surface area (Å²) < 4.78 is 4.93. The quantitative estimate of drug-likeness (QED) is 0.585. The van der Waals surface area contributed by atoms with E-state index in [9.17, 15) is 9.59 Å². The molecule has 2 amide bonds. The third kappa shape index (κ3) is 5.57. The third-order valence-corrected chi connectivity index (χ3v) is 3.12. The number of rotatable bonds is 9. The van der Waals surface area contributed by atoms with Crippen molar-refractivity contribution in [3.8, 4) is 0 Å². The van der Waals surface area contributed by atoms with Crippen LogP contribution in [0.15, 0.2) is 0 Å². The second kappa shape index (κ2) is 8.87. The van der Waals surface area contributed by atoms with Crippen LogP contribution in [-0.4, -0.2) is 74.6 Å². The number of nitrogens with one attached hydrogen (secondary N) is 1. The maximum Gasteiger partial charge on any atom is 0.242 e. The molecule has 6 nitrogen and oxygen atoms in total. The van der Waals surface area contributed by atoms with Crippen LogP contribution < -0.4 is 5.32 Å². The molecule has 0 unspecified atom stereocenters. The highest BCUT2D eigenvalue weighted by atomic mass is 16.5. The molecule has 6 heteroatoms. The van der Waals surface area contributed by atoms with Crippen LogP contribution in [0.3, 0.4) is 0 Å². The van der Waals surface area contributed by atoms with Crippen LogP contribution in [-0.2, 0) is 14.3 Å². The van der Waals surface area contributed by atoms with Crippen molar-refractivity contribution in [2.24, 2.45) is 0 Å². The van der Waals surface area contributed by atoms with E-state index in [1.54, 1.807) is 16.9 Å². The van der Waals surface area contributed by atoms with Gasteiger partial charge in [0.05, 0.1) is 19.7 Å². The fourth-order valence-electron chi connectivity index (χ4n) is 2.07. The lowest BCUT2D eigenvalue weighted by Crippen LogP contribution is -2.54. The average molecular weight is 271 g/mol. The first kappa shape index (κ1) is 15.9. The number of hydrogen-bond acceptors (Lipinski definition) is 4. The highest BCUT2D eigenvalue weighted by Gasteiger charge is 2.28. The maximum absolute atomic E-state index is 11.9. The minimum absolute atomic E-state index is 0.0601. The molecule has 0 spiro atoms. The van der Waals surface area contributed by atoms with Gasteiger partial charge < -0.3 is 19.9 Å². The van der Waals surface area contributed by atoms with Crippen LogP contribution >= 0.6 is 0 Å². The molecule has 0 aromatic carbocycles. The molecule has 1 aliphatic rings. The Labute approximate surface area is 115 Å². The average Bonchev–Trinajstić information content (AvgIpc) is 2.39. The van der Waals surface area contributed by atoms with Crippen molar-refractivity contribution in [3.63, 3.8) is 0 Å². The molecular formula is C13H25N3O3. The smallest absolute Gasteiger partial charge is 0.242 e. The van der Waals surface area contributed by atoms with Crippen LogP contribution in [0.4, 0.5) is 0 Å². The Morgan fingerprint density at radius 3 is 2.32 bits per heavy atom. The minimum Gasteiger partial charge on any atom is -0.383 e. The van der Waals surface area contributed by atoms with Gasteiger partial charge >= 0.3 is 0 Å². The number of amides is 2. The Kier molecular flexibility index (Phi) is 7.43. The zero-order chi connectivity index (χ0) is 14.1. The van der Waals surface area contributed by atoms with Crippen molar-refractivity contribution in [2.75, 3.05) is 53.0 Å². The van der Waals surface area contributed by atoms with Gasteiger partial charge in [0.1, 0.15) is 0 Å². The molecule has 1 rings (SSSR count). The van der Waals surface area contributed by atoms with Gasteiger partial charge in [-0.15, -0.1) is 0 Å². The lowest BCUT2D eigenvalue weighted by molar-refractivity contribution is -0.150. The number of carbonyl (C=O) groups excluding carboxylic acids is 2. The molecule has 0 saturated carbocycles. The zero-order valence-electron chi connectivity index (χ0n) is 12.0. The highest BCUT2D eigenvalue weighted by Crippen LogP contribution is 2.06. The number of nitrogens with zero attached hydrogens (tertiary/aromatic N) is 2. The topological polar surface area (TPSA) is 61.9 Å². The Balaban J connectivity index is 2.21. The molecular weight excluding hydrogens is 246 g/mol. The predicted octanol–water partition coefficient (Wildman–Crippen LogP) is -0.307. The first-order chi connectivity index (χ1) is 9.19. The number of piperazine rings is 1. The van der Waals surface area contributed by atoms with Gasteiger partial charge in [0.15, 0.2) is 0 Å². The zero-order valence-corrected chi connectivity index (χ0v) is 12.0. The van der Waals surface area contributed by atoms with Crippen LogP contribution in [0.1, 0.15) is 19.8 Å². The number of hydrogen-bond donors (Lipinski definition) is 1. The third-order valence-electron chi connectivity index (χ3n) is 3.12. The van der Waals surface area contributed by atoms with Crippen LogP contribution in [0.2, 0.25) is 0 Å². The lowest BCUT2D eigenvalue weighted by atomic mass is 10.2. The first-order valence-electron chi connectivity index (χ1n) is 6.94. The highest BCUT2D eigenvalue weighted by molar-refractivity contribution is 5.92. The van der Waals surface area contributed by atoms with Crippen molar-refractivity contribution in [2.45, 2.75) is 19.8 Å². The monoisotopic (exact) mass is 271 g/mol. The van der Waals surface area contributed by atoms with Gasteiger partial charge in [0.25, 0.3) is 0 Å². The van der Waals surface area contributed by atoms with E-state index in [0.29, 0.717) is 19.7 Å². The molecule has 1 N–H and O–H groups in total. The number of methoxy groups -OCH3 is 1. The van der Waals surface area contributed by atoms with Crippen molar-refractivity contribution in [3.05, 3.63) is 0 Å². The molecule has 19 heavy (non-hydrogen) atoms. The molecule has 1 saturated heterocycles. The molecule has 0 bridgehead atoms. The van der Waals surface area contributed by atoms with E-state index in [0.717, 1.165) is 25.9 Å². The summed E-state index contributed by atoms with van der Waals surface area (Å²) in [5.74, 6) is 0.124. The SMILES string of the molecule is CCCN1CC(=O)N(CCCNCCOC)CC1=O. The second-order valence-electron chi connectivity index (χ2n) is 4.73. The summed E-state index contributed by atoms with van der Waals surface area (Å²) >= 11 is 0. The van der Waals surface area contributed by atoms with Crippen LogP contribution in [0, 0.1) is 0 Å². The van der Waals surface area contributed by atoms with Gasteiger partial charge in [-0.2, -0.15) is 0 Å². The van der Waals surface area contributed by atoms with Crippen molar-refractivity contribution >= 4 is 11.8 Å². The standard InChI is InChI=1S/C13H25N3O3/c1-3-7-15-10-13(18)16(11-12(15)17)8-4-5-14-6-9-19-2/h14H,3-11H2,1-2H3. The number of ether oxygens (including phenoxy) is 1. The van der Waals surface area contributed by atoms with E-state index >= 15 is 0 Å². The summed E-state index contributed by atoms with van der Waals surface area (Å²) in [5, 5.41) is 3.22. The van der Waals surface area contributed by atoms with E-state index in [4.69, 9.17) is 4.74 Å². The summed E-state index contributed by atoms with van der Waals surface area (Å²) in [6.07, 6.45) is 1.75. The second-order valence-corrected chi connectivity index (χ2v) is 4.73. The summed E-state index contributed by atoms with van der Waals surface area (Å²) in [6.45, 7) is 6.14. The number of carbonyl (C=O) groups is 2. The van der Waals surface area contributed by atoms with Crippen molar-refractivity contribution < 1.29 is 14.3 Å². The van der Waals surface area contributed by atoms with E-state index in [2.05, 4.69) is 5.32 Å². The molecule has 0 aliphatic carbocycles. The van der Waals surface area contributed by atoms with Gasteiger partial charge in [-0.1, -0.05) is 6.92 Å². The Morgan fingerprint density at radius 1 is 1.11 bits per heavy atom.